The monoisotopic (exact) mass is 1190 g/mol. The van der Waals surface area contributed by atoms with Crippen molar-refractivity contribution in [1.29, 1.82) is 0 Å². The average Bonchev–Trinajstić information content (AvgIpc) is 3.61. The summed E-state index contributed by atoms with van der Waals surface area (Å²) in [6.45, 7) is 4.15. The minimum absolute atomic E-state index is 0.0350. The molecule has 484 valence electrons. The summed E-state index contributed by atoms with van der Waals surface area (Å²) >= 11 is 0. The van der Waals surface area contributed by atoms with Gasteiger partial charge in [0.2, 0.25) is 0 Å². The number of hydrogen-bond acceptors (Lipinski definition) is 8. The lowest BCUT2D eigenvalue weighted by Gasteiger charge is -2.28. The Bertz CT molecular complexity index is 1790. The van der Waals surface area contributed by atoms with E-state index in [1.165, 1.54) is 161 Å². The smallest absolute Gasteiger partial charge is 0.306 e. The van der Waals surface area contributed by atoms with Crippen LogP contribution >= 0.6 is 7.82 Å². The Kier molecular flexibility index (Phi) is 61.6. The Morgan fingerprint density at radius 3 is 1.01 bits per heavy atom. The zero-order valence-electron chi connectivity index (χ0n) is 55.1. The molecular weight excluding hydrogens is 1060 g/mol. The number of ether oxygens (including phenoxy) is 2. The number of allylic oxidation sites excluding steroid dienone is 18. The molecule has 0 rings (SSSR count). The van der Waals surface area contributed by atoms with Gasteiger partial charge < -0.3 is 27.9 Å². The minimum atomic E-state index is -4.65. The molecule has 2 atom stereocenters. The van der Waals surface area contributed by atoms with Crippen LogP contribution in [0.5, 0.6) is 0 Å². The fraction of sp³-hybridized carbons (Fsp3) is 0.730. The molecule has 0 aliphatic carbocycles. The van der Waals surface area contributed by atoms with E-state index in [-0.39, 0.29) is 32.0 Å². The van der Waals surface area contributed by atoms with E-state index in [1.807, 2.05) is 21.1 Å². The van der Waals surface area contributed by atoms with Gasteiger partial charge in [-0.25, -0.2) is 0 Å². The van der Waals surface area contributed by atoms with E-state index in [1.54, 1.807) is 0 Å². The van der Waals surface area contributed by atoms with Crippen molar-refractivity contribution < 1.29 is 42.1 Å². The maximum absolute atomic E-state index is 12.9. The number of nitrogens with zero attached hydrogens (tertiary/aromatic N) is 1. The lowest BCUT2D eigenvalue weighted by molar-refractivity contribution is -0.870. The number of likely N-dealkylation sites (N-methyl/N-ethyl adjacent to an activating group) is 1. The van der Waals surface area contributed by atoms with Gasteiger partial charge in [0, 0.05) is 12.8 Å². The van der Waals surface area contributed by atoms with Crippen molar-refractivity contribution in [2.45, 2.75) is 302 Å². The van der Waals surface area contributed by atoms with E-state index in [0.29, 0.717) is 17.4 Å². The van der Waals surface area contributed by atoms with Gasteiger partial charge in [-0.15, -0.1) is 0 Å². The van der Waals surface area contributed by atoms with Crippen LogP contribution in [0.25, 0.3) is 0 Å². The summed E-state index contributed by atoms with van der Waals surface area (Å²) in [6.07, 6.45) is 90.2. The van der Waals surface area contributed by atoms with Crippen LogP contribution in [0, 0.1) is 0 Å². The van der Waals surface area contributed by atoms with Crippen molar-refractivity contribution in [3.8, 4) is 0 Å². The molecule has 0 spiro atoms. The molecule has 0 saturated carbocycles. The Morgan fingerprint density at radius 2 is 0.679 bits per heavy atom. The standard InChI is InChI=1S/C74H130NO8P/c1-6-8-10-12-14-16-18-20-22-24-26-28-30-31-32-33-34-35-36-37-38-39-40-41-42-43-45-47-49-51-53-55-57-59-61-63-65-67-74(77)83-72(71-82-84(78,79)81-69-68-75(3,4)5)70-80-73(76)66-64-62-60-58-56-54-52-50-48-46-44-29-27-25-23-21-19-17-15-13-11-9-7-2/h8,10,14,16,20,22,26,28,31-32,34-35,37-38,40-41,43,45,72H,6-7,9,11-13,15,17-19,21,23-25,27,29-30,33,36,39,42,44,46-71H2,1-5H3/b10-8-,16-14-,22-20-,28-26-,32-31-,35-34-,38-37-,41-40-,45-43-. The van der Waals surface area contributed by atoms with Gasteiger partial charge >= 0.3 is 11.9 Å². The summed E-state index contributed by atoms with van der Waals surface area (Å²) in [7, 11) is 1.16. The van der Waals surface area contributed by atoms with E-state index in [0.717, 1.165) is 103 Å². The summed E-state index contributed by atoms with van der Waals surface area (Å²) in [6, 6.07) is 0. The lowest BCUT2D eigenvalue weighted by atomic mass is 10.0. The average molecular weight is 1190 g/mol. The summed E-state index contributed by atoms with van der Waals surface area (Å²) in [4.78, 5) is 38.0. The number of unbranched alkanes of at least 4 members (excludes halogenated alkanes) is 31. The first-order valence-electron chi connectivity index (χ1n) is 34.6. The van der Waals surface area contributed by atoms with Crippen LogP contribution in [0.3, 0.4) is 0 Å². The van der Waals surface area contributed by atoms with E-state index >= 15 is 0 Å². The Balaban J connectivity index is 4.10. The summed E-state index contributed by atoms with van der Waals surface area (Å²) in [5.74, 6) is -0.834. The van der Waals surface area contributed by atoms with Gasteiger partial charge in [-0.3, -0.25) is 14.2 Å². The number of esters is 2. The minimum Gasteiger partial charge on any atom is -0.756 e. The third kappa shape index (κ3) is 67.8. The first-order valence-corrected chi connectivity index (χ1v) is 36.1. The van der Waals surface area contributed by atoms with Gasteiger partial charge in [0.25, 0.3) is 7.82 Å². The van der Waals surface area contributed by atoms with Crippen LogP contribution in [0.4, 0.5) is 0 Å². The number of phosphoric acid groups is 1. The van der Waals surface area contributed by atoms with Crippen molar-refractivity contribution in [2.24, 2.45) is 0 Å². The molecule has 84 heavy (non-hydrogen) atoms. The van der Waals surface area contributed by atoms with Crippen LogP contribution in [0.2, 0.25) is 0 Å². The molecule has 0 N–H and O–H groups in total. The van der Waals surface area contributed by atoms with Gasteiger partial charge in [-0.2, -0.15) is 0 Å². The van der Waals surface area contributed by atoms with Gasteiger partial charge in [-0.1, -0.05) is 309 Å². The highest BCUT2D eigenvalue weighted by atomic mass is 31.2. The highest BCUT2D eigenvalue weighted by molar-refractivity contribution is 7.45. The molecular formula is C74H130NO8P. The molecule has 0 radical (unpaired) electrons. The first-order chi connectivity index (χ1) is 41.0. The van der Waals surface area contributed by atoms with Crippen LogP contribution in [0.15, 0.2) is 109 Å². The summed E-state index contributed by atoms with van der Waals surface area (Å²) in [5, 5.41) is 0. The molecule has 0 saturated heterocycles. The van der Waals surface area contributed by atoms with Gasteiger partial charge in [-0.05, 0) is 83.5 Å². The molecule has 0 bridgehead atoms. The predicted molar refractivity (Wildman–Crippen MR) is 360 cm³/mol. The Labute approximate surface area is 518 Å². The van der Waals surface area contributed by atoms with Crippen molar-refractivity contribution in [1.82, 2.24) is 0 Å². The maximum atomic E-state index is 12.9. The van der Waals surface area contributed by atoms with E-state index in [4.69, 9.17) is 18.5 Å². The lowest BCUT2D eigenvalue weighted by Crippen LogP contribution is -2.37. The number of hydrogen-bond donors (Lipinski definition) is 0. The molecule has 10 heteroatoms. The zero-order valence-corrected chi connectivity index (χ0v) is 56.0. The molecule has 0 fully saturated rings. The normalized spacial score (nSPS) is 13.8. The highest BCUT2D eigenvalue weighted by Gasteiger charge is 2.22. The molecule has 2 unspecified atom stereocenters. The molecule has 0 aliphatic heterocycles. The Morgan fingerprint density at radius 1 is 0.381 bits per heavy atom. The fourth-order valence-electron chi connectivity index (χ4n) is 9.53. The summed E-state index contributed by atoms with van der Waals surface area (Å²) < 4.78 is 34.3. The van der Waals surface area contributed by atoms with Crippen molar-refractivity contribution in [3.63, 3.8) is 0 Å². The van der Waals surface area contributed by atoms with Crippen LogP contribution in [-0.2, 0) is 32.7 Å². The molecule has 0 aliphatic rings. The Hall–Kier alpha value is -3.33. The van der Waals surface area contributed by atoms with Crippen molar-refractivity contribution >= 4 is 19.8 Å². The number of phosphoric ester groups is 1. The maximum Gasteiger partial charge on any atom is 0.306 e. The molecule has 0 aromatic rings. The van der Waals surface area contributed by atoms with Gasteiger partial charge in [0.15, 0.2) is 6.10 Å². The third-order valence-electron chi connectivity index (χ3n) is 14.8. The number of quaternary nitrogens is 1. The van der Waals surface area contributed by atoms with Crippen LogP contribution in [0.1, 0.15) is 296 Å². The SMILES string of the molecule is CC/C=C\C/C=C\C/C=C\C/C=C\C/C=C\C/C=C\C/C=C\C/C=C\C/C=C\CCCCCCCCCCCC(=O)OC(COC(=O)CCCCCCCCCCCCCCCCCCCCCCCCC)COP(=O)([O-])OCC[N+](C)(C)C. The van der Waals surface area contributed by atoms with E-state index < -0.39 is 26.5 Å². The number of carbonyl (C=O) groups is 2. The molecule has 0 aromatic heterocycles. The van der Waals surface area contributed by atoms with Crippen LogP contribution < -0.4 is 4.89 Å². The third-order valence-corrected chi connectivity index (χ3v) is 15.8. The van der Waals surface area contributed by atoms with Crippen molar-refractivity contribution in [2.75, 3.05) is 47.5 Å². The first kappa shape index (κ1) is 80.7. The topological polar surface area (TPSA) is 111 Å². The molecule has 0 heterocycles. The molecule has 0 aromatic carbocycles. The second-order valence-corrected chi connectivity index (χ2v) is 25.6. The molecule has 0 amide bonds. The van der Waals surface area contributed by atoms with E-state index in [2.05, 4.69) is 123 Å². The quantitative estimate of drug-likeness (QED) is 0.0195. The second-order valence-electron chi connectivity index (χ2n) is 24.2. The number of carbonyl (C=O) groups excluding carboxylic acids is 2. The van der Waals surface area contributed by atoms with Gasteiger partial charge in [0.05, 0.1) is 27.7 Å². The largest absolute Gasteiger partial charge is 0.756 e. The second kappa shape index (κ2) is 64.2. The fourth-order valence-corrected chi connectivity index (χ4v) is 10.3. The molecule has 9 nitrogen and oxygen atoms in total. The highest BCUT2D eigenvalue weighted by Crippen LogP contribution is 2.38. The van der Waals surface area contributed by atoms with Gasteiger partial charge in [0.1, 0.15) is 19.8 Å². The van der Waals surface area contributed by atoms with Crippen molar-refractivity contribution in [3.05, 3.63) is 109 Å². The zero-order chi connectivity index (χ0) is 61.2. The number of rotatable bonds is 63. The predicted octanol–water partition coefficient (Wildman–Crippen LogP) is 21.9. The van der Waals surface area contributed by atoms with Crippen LogP contribution in [-0.4, -0.2) is 70.0 Å². The van der Waals surface area contributed by atoms with E-state index in [9.17, 15) is 19.0 Å². The summed E-state index contributed by atoms with van der Waals surface area (Å²) in [5.41, 5.74) is 0.